The fourth-order valence-corrected chi connectivity index (χ4v) is 3.05. The lowest BCUT2D eigenvalue weighted by Gasteiger charge is -2.31. The summed E-state index contributed by atoms with van der Waals surface area (Å²) in [5, 5.41) is -0.318. The number of ether oxygens (including phenoxy) is 4. The van der Waals surface area contributed by atoms with Crippen LogP contribution in [0.4, 0.5) is 0 Å². The van der Waals surface area contributed by atoms with Crippen molar-refractivity contribution in [1.82, 2.24) is 19.7 Å². The first-order valence-corrected chi connectivity index (χ1v) is 9.78. The molecule has 11 nitrogen and oxygen atoms in total. The number of sulfonamides is 1. The lowest BCUT2D eigenvalue weighted by molar-refractivity contribution is -0.141. The van der Waals surface area contributed by atoms with Gasteiger partial charge in [0.25, 0.3) is 15.9 Å². The Morgan fingerprint density at radius 2 is 1.72 bits per heavy atom. The van der Waals surface area contributed by atoms with Crippen molar-refractivity contribution >= 4 is 15.9 Å². The quantitative estimate of drug-likeness (QED) is 0.605. The fraction of sp³-hybridized carbons (Fsp3) is 0.412. The van der Waals surface area contributed by atoms with Gasteiger partial charge >= 0.3 is 6.01 Å². The standard InChI is InChI=1S/C17H22N4O7S/c1-17(2,27-5)14(28-16-19-11(25-3)10-12(20-16)26-4)15(22)21-29(23,24)13-8-6-7-9-18-13/h6-10,14H,1-5H3,(H,21,22). The zero-order valence-corrected chi connectivity index (χ0v) is 17.4. The van der Waals surface area contributed by atoms with Gasteiger partial charge in [-0.25, -0.2) is 9.71 Å². The Bertz CT molecular complexity index is 929. The van der Waals surface area contributed by atoms with Crippen molar-refractivity contribution in [2.75, 3.05) is 21.3 Å². The van der Waals surface area contributed by atoms with Gasteiger partial charge in [-0.15, -0.1) is 0 Å². The average molecular weight is 426 g/mol. The van der Waals surface area contributed by atoms with Crippen molar-refractivity contribution in [1.29, 1.82) is 0 Å². The van der Waals surface area contributed by atoms with Crippen LogP contribution in [0.1, 0.15) is 13.8 Å². The largest absolute Gasteiger partial charge is 0.481 e. The molecule has 2 rings (SSSR count). The lowest BCUT2D eigenvalue weighted by Crippen LogP contribution is -2.53. The molecule has 0 aliphatic rings. The first-order chi connectivity index (χ1) is 13.6. The Balaban J connectivity index is 2.35. The second-order valence-corrected chi connectivity index (χ2v) is 7.81. The summed E-state index contributed by atoms with van der Waals surface area (Å²) in [4.78, 5) is 24.5. The van der Waals surface area contributed by atoms with Gasteiger partial charge in [-0.1, -0.05) is 6.07 Å². The zero-order chi connectivity index (χ0) is 21.7. The van der Waals surface area contributed by atoms with E-state index in [-0.39, 0.29) is 22.8 Å². The van der Waals surface area contributed by atoms with Crippen molar-refractivity contribution < 1.29 is 32.2 Å². The van der Waals surface area contributed by atoms with Crippen LogP contribution in [0.25, 0.3) is 0 Å². The smallest absolute Gasteiger partial charge is 0.323 e. The number of amides is 1. The molecule has 1 unspecified atom stereocenters. The number of carbonyl (C=O) groups excluding carboxylic acids is 1. The third kappa shape index (κ3) is 5.51. The second kappa shape index (κ2) is 9.01. The maximum Gasteiger partial charge on any atom is 0.323 e. The van der Waals surface area contributed by atoms with Crippen LogP contribution in [-0.4, -0.2) is 62.3 Å². The van der Waals surface area contributed by atoms with Gasteiger partial charge in [0, 0.05) is 13.3 Å². The summed E-state index contributed by atoms with van der Waals surface area (Å²) < 4.78 is 47.8. The second-order valence-electron chi connectivity index (χ2n) is 6.18. The highest BCUT2D eigenvalue weighted by Crippen LogP contribution is 2.24. The van der Waals surface area contributed by atoms with Gasteiger partial charge in [-0.3, -0.25) is 4.79 Å². The minimum atomic E-state index is -4.23. The van der Waals surface area contributed by atoms with E-state index < -0.39 is 27.6 Å². The molecule has 2 aromatic heterocycles. The highest BCUT2D eigenvalue weighted by atomic mass is 32.2. The summed E-state index contributed by atoms with van der Waals surface area (Å²) >= 11 is 0. The Labute approximate surface area is 168 Å². The van der Waals surface area contributed by atoms with Gasteiger partial charge in [0.05, 0.1) is 20.3 Å². The number of nitrogens with one attached hydrogen (secondary N) is 1. The Kier molecular flexibility index (Phi) is 6.93. The molecule has 0 saturated carbocycles. The molecule has 0 aromatic carbocycles. The molecule has 0 bridgehead atoms. The van der Waals surface area contributed by atoms with E-state index in [2.05, 4.69) is 15.0 Å². The Morgan fingerprint density at radius 1 is 1.10 bits per heavy atom. The molecule has 158 valence electrons. The summed E-state index contributed by atoms with van der Waals surface area (Å²) in [6, 6.07) is 5.43. The average Bonchev–Trinajstić information content (AvgIpc) is 2.71. The van der Waals surface area contributed by atoms with Gasteiger partial charge in [0.1, 0.15) is 5.60 Å². The van der Waals surface area contributed by atoms with E-state index in [1.807, 2.05) is 4.72 Å². The van der Waals surface area contributed by atoms with Gasteiger partial charge in [-0.2, -0.15) is 18.4 Å². The lowest BCUT2D eigenvalue weighted by atomic mass is 10.0. The summed E-state index contributed by atoms with van der Waals surface area (Å²) in [5.74, 6) is -0.738. The molecule has 0 saturated heterocycles. The van der Waals surface area contributed by atoms with E-state index in [0.29, 0.717) is 0 Å². The van der Waals surface area contributed by atoms with Crippen molar-refractivity contribution in [3.63, 3.8) is 0 Å². The van der Waals surface area contributed by atoms with Crippen LogP contribution in [0.15, 0.2) is 35.5 Å². The van der Waals surface area contributed by atoms with Crippen LogP contribution in [0.5, 0.6) is 17.8 Å². The number of carbonyl (C=O) groups is 1. The molecular weight excluding hydrogens is 404 g/mol. The zero-order valence-electron chi connectivity index (χ0n) is 16.6. The normalized spacial score (nSPS) is 12.7. The number of hydrogen-bond acceptors (Lipinski definition) is 10. The van der Waals surface area contributed by atoms with Crippen LogP contribution in [0.3, 0.4) is 0 Å². The maximum atomic E-state index is 12.8. The predicted octanol–water partition coefficient (Wildman–Crippen LogP) is 0.566. The Morgan fingerprint density at radius 3 is 2.21 bits per heavy atom. The van der Waals surface area contributed by atoms with E-state index in [0.717, 1.165) is 0 Å². The van der Waals surface area contributed by atoms with Crippen LogP contribution in [0.2, 0.25) is 0 Å². The van der Waals surface area contributed by atoms with E-state index >= 15 is 0 Å². The van der Waals surface area contributed by atoms with Crippen molar-refractivity contribution in [2.24, 2.45) is 0 Å². The molecule has 0 spiro atoms. The molecule has 1 N–H and O–H groups in total. The topological polar surface area (TPSA) is 139 Å². The summed E-state index contributed by atoms with van der Waals surface area (Å²) in [6.07, 6.45) is -0.148. The molecule has 0 aliphatic heterocycles. The van der Waals surface area contributed by atoms with Crippen LogP contribution in [0, 0.1) is 0 Å². The SMILES string of the molecule is COc1cc(OC)nc(OC(C(=O)NS(=O)(=O)c2ccccn2)C(C)(C)OC)n1. The molecule has 12 heteroatoms. The summed E-state index contributed by atoms with van der Waals surface area (Å²) in [5.41, 5.74) is -1.25. The summed E-state index contributed by atoms with van der Waals surface area (Å²) in [7, 11) is -0.110. The van der Waals surface area contributed by atoms with Gasteiger partial charge < -0.3 is 18.9 Å². The Hall–Kier alpha value is -2.99. The van der Waals surface area contributed by atoms with E-state index in [4.69, 9.17) is 18.9 Å². The first kappa shape index (κ1) is 22.3. The highest BCUT2D eigenvalue weighted by molar-refractivity contribution is 7.90. The van der Waals surface area contributed by atoms with Crippen molar-refractivity contribution in [3.05, 3.63) is 30.5 Å². The van der Waals surface area contributed by atoms with Gasteiger partial charge in [-0.05, 0) is 26.0 Å². The molecule has 2 aromatic rings. The number of nitrogens with zero attached hydrogens (tertiary/aromatic N) is 3. The van der Waals surface area contributed by atoms with Crippen molar-refractivity contribution in [3.8, 4) is 17.8 Å². The van der Waals surface area contributed by atoms with Crippen LogP contribution < -0.4 is 18.9 Å². The fourth-order valence-electron chi connectivity index (χ4n) is 2.11. The minimum Gasteiger partial charge on any atom is -0.481 e. The van der Waals surface area contributed by atoms with Crippen LogP contribution >= 0.6 is 0 Å². The van der Waals surface area contributed by atoms with Crippen molar-refractivity contribution in [2.45, 2.75) is 30.6 Å². The highest BCUT2D eigenvalue weighted by Gasteiger charge is 2.40. The minimum absolute atomic E-state index is 0.127. The summed E-state index contributed by atoms with van der Waals surface area (Å²) in [6.45, 7) is 3.09. The predicted molar refractivity (Wildman–Crippen MR) is 100 cm³/mol. The molecule has 0 radical (unpaired) electrons. The molecule has 1 atom stereocenters. The maximum absolute atomic E-state index is 12.8. The number of methoxy groups -OCH3 is 3. The van der Waals surface area contributed by atoms with E-state index in [9.17, 15) is 13.2 Å². The van der Waals surface area contributed by atoms with Gasteiger partial charge in [0.2, 0.25) is 17.9 Å². The number of hydrogen-bond donors (Lipinski definition) is 1. The number of aromatic nitrogens is 3. The van der Waals surface area contributed by atoms with Crippen LogP contribution in [-0.2, 0) is 19.6 Å². The van der Waals surface area contributed by atoms with Gasteiger partial charge in [0.15, 0.2) is 5.03 Å². The third-order valence-electron chi connectivity index (χ3n) is 3.84. The molecule has 0 aliphatic carbocycles. The number of rotatable bonds is 9. The number of pyridine rings is 1. The molecule has 2 heterocycles. The van der Waals surface area contributed by atoms with E-state index in [1.165, 1.54) is 45.7 Å². The third-order valence-corrected chi connectivity index (χ3v) is 5.11. The molecule has 0 fully saturated rings. The molecule has 29 heavy (non-hydrogen) atoms. The molecular formula is C17H22N4O7S. The molecule has 1 amide bonds. The first-order valence-electron chi connectivity index (χ1n) is 8.29. The van der Waals surface area contributed by atoms with E-state index in [1.54, 1.807) is 19.9 Å². The monoisotopic (exact) mass is 426 g/mol.